The van der Waals surface area contributed by atoms with E-state index in [-0.39, 0.29) is 35.2 Å². The maximum Gasteiger partial charge on any atom is 0.274 e. The van der Waals surface area contributed by atoms with Gasteiger partial charge in [-0.2, -0.15) is 0 Å². The van der Waals surface area contributed by atoms with Crippen molar-refractivity contribution in [2.45, 2.75) is 37.8 Å². The summed E-state index contributed by atoms with van der Waals surface area (Å²) < 4.78 is 60.7. The van der Waals surface area contributed by atoms with E-state index >= 15 is 0 Å². The van der Waals surface area contributed by atoms with E-state index in [0.717, 1.165) is 5.56 Å². The largest absolute Gasteiger partial charge is 0.440 e. The molecule has 0 aromatic carbocycles. The number of hydrogen-bond acceptors (Lipinski definition) is 7. The van der Waals surface area contributed by atoms with Crippen LogP contribution in [-0.4, -0.2) is 39.5 Å². The van der Waals surface area contributed by atoms with Gasteiger partial charge in [-0.3, -0.25) is 0 Å². The summed E-state index contributed by atoms with van der Waals surface area (Å²) in [5.41, 5.74) is 1.48. The Morgan fingerprint density at radius 3 is 2.46 bits per heavy atom. The van der Waals surface area contributed by atoms with E-state index in [9.17, 15) is 16.8 Å². The van der Waals surface area contributed by atoms with E-state index < -0.39 is 25.9 Å². The van der Waals surface area contributed by atoms with Crippen LogP contribution in [0.15, 0.2) is 26.2 Å². The van der Waals surface area contributed by atoms with Gasteiger partial charge >= 0.3 is 0 Å². The number of hydrogen-bond donors (Lipinski definition) is 1. The second kappa shape index (κ2) is 6.01. The number of nitrogens with zero attached hydrogens (tertiary/aromatic N) is 1. The van der Waals surface area contributed by atoms with Gasteiger partial charge in [0, 0.05) is 11.6 Å². The summed E-state index contributed by atoms with van der Waals surface area (Å²) in [6.45, 7) is 3.58. The normalized spacial score (nSPS) is 18.8. The standard InChI is InChI=1S/C14H18N2O6S2/c1-9-10(2)15-22-14(9)12-3-4-13(21-12)24(19,20)16-11-5-7-23(17,18)8-6-11/h3-4,11,16H,5-8H2,1-2H3. The average molecular weight is 374 g/mol. The van der Waals surface area contributed by atoms with Gasteiger partial charge in [0.2, 0.25) is 10.9 Å². The van der Waals surface area contributed by atoms with Crippen LogP contribution in [-0.2, 0) is 19.9 Å². The third-order valence-corrected chi connectivity index (χ3v) is 7.21. The van der Waals surface area contributed by atoms with Crippen LogP contribution in [0.4, 0.5) is 0 Å². The Kier molecular flexibility index (Phi) is 4.30. The van der Waals surface area contributed by atoms with Gasteiger partial charge in [0.15, 0.2) is 5.76 Å². The number of rotatable bonds is 4. The molecule has 24 heavy (non-hydrogen) atoms. The SMILES string of the molecule is Cc1noc(-c2ccc(S(=O)(=O)NC3CCS(=O)(=O)CC3)o2)c1C. The van der Waals surface area contributed by atoms with Crippen molar-refractivity contribution in [2.24, 2.45) is 0 Å². The number of sulfonamides is 1. The number of sulfone groups is 1. The lowest BCUT2D eigenvalue weighted by Crippen LogP contribution is -2.40. The first-order valence-electron chi connectivity index (χ1n) is 7.44. The lowest BCUT2D eigenvalue weighted by molar-refractivity contribution is 0.395. The molecular formula is C14H18N2O6S2. The van der Waals surface area contributed by atoms with Gasteiger partial charge < -0.3 is 8.94 Å². The molecule has 0 atom stereocenters. The monoisotopic (exact) mass is 374 g/mol. The highest BCUT2D eigenvalue weighted by atomic mass is 32.2. The molecule has 1 saturated heterocycles. The Bertz CT molecular complexity index is 941. The first kappa shape index (κ1) is 17.2. The third-order valence-electron chi connectivity index (χ3n) is 4.10. The first-order valence-corrected chi connectivity index (χ1v) is 10.7. The maximum absolute atomic E-state index is 12.4. The molecule has 0 spiro atoms. The predicted octanol–water partition coefficient (Wildman–Crippen LogP) is 1.41. The highest BCUT2D eigenvalue weighted by Gasteiger charge is 2.29. The first-order chi connectivity index (χ1) is 11.2. The summed E-state index contributed by atoms with van der Waals surface area (Å²) in [6.07, 6.45) is 0.519. The topological polar surface area (TPSA) is 119 Å². The highest BCUT2D eigenvalue weighted by molar-refractivity contribution is 7.91. The van der Waals surface area contributed by atoms with Crippen molar-refractivity contribution in [1.29, 1.82) is 0 Å². The molecule has 0 unspecified atom stereocenters. The molecule has 0 aliphatic carbocycles. The van der Waals surface area contributed by atoms with Gasteiger partial charge in [0.1, 0.15) is 9.84 Å². The van der Waals surface area contributed by atoms with Crippen molar-refractivity contribution in [3.63, 3.8) is 0 Å². The van der Waals surface area contributed by atoms with E-state index in [0.29, 0.717) is 11.5 Å². The second-order valence-electron chi connectivity index (χ2n) is 5.89. The maximum atomic E-state index is 12.4. The molecular weight excluding hydrogens is 356 g/mol. The fourth-order valence-electron chi connectivity index (χ4n) is 2.52. The Labute approximate surface area is 140 Å². The Balaban J connectivity index is 1.78. The minimum Gasteiger partial charge on any atom is -0.440 e. The molecule has 0 bridgehead atoms. The molecule has 0 saturated carbocycles. The zero-order valence-corrected chi connectivity index (χ0v) is 14.9. The summed E-state index contributed by atoms with van der Waals surface area (Å²) in [6, 6.07) is 2.43. The zero-order chi connectivity index (χ0) is 17.5. The lowest BCUT2D eigenvalue weighted by Gasteiger charge is -2.22. The van der Waals surface area contributed by atoms with Crippen LogP contribution in [0.1, 0.15) is 24.1 Å². The summed E-state index contributed by atoms with van der Waals surface area (Å²) in [4.78, 5) is 0. The van der Waals surface area contributed by atoms with E-state index in [1.807, 2.05) is 0 Å². The minimum absolute atomic E-state index is 0.0138. The molecule has 10 heteroatoms. The fourth-order valence-corrected chi connectivity index (χ4v) is 5.25. The summed E-state index contributed by atoms with van der Waals surface area (Å²) in [5, 5.41) is 3.58. The molecule has 1 fully saturated rings. The Hall–Kier alpha value is -1.65. The molecule has 1 aliphatic heterocycles. The van der Waals surface area contributed by atoms with E-state index in [4.69, 9.17) is 8.94 Å². The van der Waals surface area contributed by atoms with E-state index in [1.165, 1.54) is 12.1 Å². The molecule has 2 aromatic rings. The highest BCUT2D eigenvalue weighted by Crippen LogP contribution is 2.29. The molecule has 8 nitrogen and oxygen atoms in total. The van der Waals surface area contributed by atoms with Crippen LogP contribution < -0.4 is 4.72 Å². The fraction of sp³-hybridized carbons (Fsp3) is 0.500. The number of furan rings is 1. The molecule has 1 N–H and O–H groups in total. The van der Waals surface area contributed by atoms with E-state index in [1.54, 1.807) is 13.8 Å². The van der Waals surface area contributed by atoms with Crippen molar-refractivity contribution < 1.29 is 25.8 Å². The molecule has 2 aromatic heterocycles. The van der Waals surface area contributed by atoms with Crippen LogP contribution in [0.25, 0.3) is 11.5 Å². The van der Waals surface area contributed by atoms with E-state index in [2.05, 4.69) is 9.88 Å². The smallest absolute Gasteiger partial charge is 0.274 e. The van der Waals surface area contributed by atoms with Gasteiger partial charge in [-0.05, 0) is 38.8 Å². The number of nitrogens with one attached hydrogen (secondary N) is 1. The van der Waals surface area contributed by atoms with Crippen LogP contribution in [0.2, 0.25) is 0 Å². The summed E-state index contributed by atoms with van der Waals surface area (Å²) >= 11 is 0. The van der Waals surface area contributed by atoms with Crippen molar-refractivity contribution in [1.82, 2.24) is 9.88 Å². The van der Waals surface area contributed by atoms with Crippen molar-refractivity contribution in [3.05, 3.63) is 23.4 Å². The Morgan fingerprint density at radius 2 is 1.88 bits per heavy atom. The van der Waals surface area contributed by atoms with Gasteiger partial charge in [-0.25, -0.2) is 21.6 Å². The summed E-state index contributed by atoms with van der Waals surface area (Å²) in [5.74, 6) is 0.637. The zero-order valence-electron chi connectivity index (χ0n) is 13.3. The summed E-state index contributed by atoms with van der Waals surface area (Å²) in [7, 11) is -6.91. The molecule has 132 valence electrons. The van der Waals surface area contributed by atoms with Crippen molar-refractivity contribution in [3.8, 4) is 11.5 Å². The average Bonchev–Trinajstić information content (AvgIpc) is 3.10. The van der Waals surface area contributed by atoms with Gasteiger partial charge in [-0.1, -0.05) is 5.16 Å². The van der Waals surface area contributed by atoms with Crippen LogP contribution in [0.5, 0.6) is 0 Å². The molecule has 0 amide bonds. The van der Waals surface area contributed by atoms with Gasteiger partial charge in [-0.15, -0.1) is 0 Å². The molecule has 3 rings (SSSR count). The predicted molar refractivity (Wildman–Crippen MR) is 85.7 cm³/mol. The van der Waals surface area contributed by atoms with Gasteiger partial charge in [0.25, 0.3) is 10.0 Å². The minimum atomic E-state index is -3.86. The number of aryl methyl sites for hydroxylation is 1. The van der Waals surface area contributed by atoms with Crippen LogP contribution in [0.3, 0.4) is 0 Å². The van der Waals surface area contributed by atoms with Crippen molar-refractivity contribution >= 4 is 19.9 Å². The molecule has 1 aliphatic rings. The third kappa shape index (κ3) is 3.40. The Morgan fingerprint density at radius 1 is 1.21 bits per heavy atom. The van der Waals surface area contributed by atoms with Crippen LogP contribution >= 0.6 is 0 Å². The van der Waals surface area contributed by atoms with Crippen LogP contribution in [0, 0.1) is 13.8 Å². The number of aromatic nitrogens is 1. The lowest BCUT2D eigenvalue weighted by atomic mass is 10.2. The van der Waals surface area contributed by atoms with Crippen molar-refractivity contribution in [2.75, 3.05) is 11.5 Å². The van der Waals surface area contributed by atoms with Gasteiger partial charge in [0.05, 0.1) is 17.2 Å². The quantitative estimate of drug-likeness (QED) is 0.859. The second-order valence-corrected chi connectivity index (χ2v) is 9.84. The molecule has 0 radical (unpaired) electrons. The molecule has 3 heterocycles.